The summed E-state index contributed by atoms with van der Waals surface area (Å²) >= 11 is 0. The van der Waals surface area contributed by atoms with E-state index in [1.54, 1.807) is 0 Å². The number of hydrogen-bond donors (Lipinski definition) is 1. The van der Waals surface area contributed by atoms with E-state index in [0.29, 0.717) is 12.1 Å². The Morgan fingerprint density at radius 2 is 1.83 bits per heavy atom. The van der Waals surface area contributed by atoms with Gasteiger partial charge in [-0.15, -0.1) is 0 Å². The van der Waals surface area contributed by atoms with Gasteiger partial charge in [0.25, 0.3) is 0 Å². The molecule has 0 amide bonds. The van der Waals surface area contributed by atoms with E-state index in [2.05, 4.69) is 56.4 Å². The van der Waals surface area contributed by atoms with Gasteiger partial charge in [0.2, 0.25) is 0 Å². The number of nitrogens with one attached hydrogen (secondary N) is 1. The Kier molecular flexibility index (Phi) is 7.70. The fraction of sp³-hybridized carbons (Fsp3) is 0.625. The molecule has 0 heterocycles. The molecule has 0 radical (unpaired) electrons. The number of ether oxygens (including phenoxy) is 1. The zero-order valence-corrected chi connectivity index (χ0v) is 12.0. The van der Waals surface area contributed by atoms with E-state index in [-0.39, 0.29) is 0 Å². The summed E-state index contributed by atoms with van der Waals surface area (Å²) in [5.74, 6) is 0. The van der Waals surface area contributed by atoms with Crippen LogP contribution in [0.2, 0.25) is 0 Å². The van der Waals surface area contributed by atoms with E-state index in [1.165, 1.54) is 12.0 Å². The lowest BCUT2D eigenvalue weighted by Crippen LogP contribution is -2.24. The van der Waals surface area contributed by atoms with Crippen molar-refractivity contribution in [1.82, 2.24) is 5.32 Å². The third-order valence-corrected chi connectivity index (χ3v) is 2.98. The predicted molar refractivity (Wildman–Crippen MR) is 77.9 cm³/mol. The Balaban J connectivity index is 2.01. The lowest BCUT2D eigenvalue weighted by molar-refractivity contribution is 0.0611. The summed E-state index contributed by atoms with van der Waals surface area (Å²) in [5, 5.41) is 3.43. The maximum absolute atomic E-state index is 5.83. The van der Waals surface area contributed by atoms with Crippen molar-refractivity contribution in [2.24, 2.45) is 0 Å². The van der Waals surface area contributed by atoms with Crippen LogP contribution >= 0.6 is 0 Å². The molecule has 0 saturated carbocycles. The van der Waals surface area contributed by atoms with Gasteiger partial charge in [0.1, 0.15) is 0 Å². The molecule has 0 aromatic heterocycles. The average molecular weight is 249 g/mol. The highest BCUT2D eigenvalue weighted by Crippen LogP contribution is 2.04. The normalized spacial score (nSPS) is 12.9. The van der Waals surface area contributed by atoms with Gasteiger partial charge in [-0.1, -0.05) is 44.2 Å². The number of rotatable bonds is 9. The topological polar surface area (TPSA) is 21.3 Å². The van der Waals surface area contributed by atoms with Crippen LogP contribution in [-0.4, -0.2) is 25.3 Å². The summed E-state index contributed by atoms with van der Waals surface area (Å²) in [6, 6.07) is 11.1. The van der Waals surface area contributed by atoms with E-state index in [9.17, 15) is 0 Å². The standard InChI is InChI=1S/C16H27NO/c1-14(2)17-12-7-8-15(3)18-13-11-16-9-5-4-6-10-16/h4-6,9-10,14-15,17H,7-8,11-13H2,1-3H3. The molecule has 1 rings (SSSR count). The summed E-state index contributed by atoms with van der Waals surface area (Å²) in [7, 11) is 0. The minimum atomic E-state index is 0.364. The lowest BCUT2D eigenvalue weighted by atomic mass is 10.1. The summed E-state index contributed by atoms with van der Waals surface area (Å²) in [5.41, 5.74) is 1.35. The summed E-state index contributed by atoms with van der Waals surface area (Å²) < 4.78 is 5.83. The molecule has 102 valence electrons. The fourth-order valence-corrected chi connectivity index (χ4v) is 1.89. The van der Waals surface area contributed by atoms with Gasteiger partial charge >= 0.3 is 0 Å². The van der Waals surface area contributed by atoms with Crippen molar-refractivity contribution in [1.29, 1.82) is 0 Å². The Bertz CT molecular complexity index is 297. The van der Waals surface area contributed by atoms with Gasteiger partial charge in [0.15, 0.2) is 0 Å². The number of benzene rings is 1. The zero-order chi connectivity index (χ0) is 13.2. The molecule has 0 bridgehead atoms. The molecule has 0 spiro atoms. The van der Waals surface area contributed by atoms with Crippen LogP contribution in [0.3, 0.4) is 0 Å². The molecule has 2 heteroatoms. The Hall–Kier alpha value is -0.860. The van der Waals surface area contributed by atoms with Crippen molar-refractivity contribution in [2.45, 2.75) is 52.2 Å². The SMILES string of the molecule is CC(C)NCCCC(C)OCCc1ccccc1. The van der Waals surface area contributed by atoms with Crippen LogP contribution in [0.4, 0.5) is 0 Å². The minimum Gasteiger partial charge on any atom is -0.378 e. The second kappa shape index (κ2) is 9.12. The third-order valence-electron chi connectivity index (χ3n) is 2.98. The van der Waals surface area contributed by atoms with Crippen LogP contribution in [0.25, 0.3) is 0 Å². The molecule has 0 aliphatic heterocycles. The van der Waals surface area contributed by atoms with E-state index >= 15 is 0 Å². The maximum Gasteiger partial charge on any atom is 0.0547 e. The molecule has 18 heavy (non-hydrogen) atoms. The number of hydrogen-bond acceptors (Lipinski definition) is 2. The molecule has 0 fully saturated rings. The highest BCUT2D eigenvalue weighted by molar-refractivity contribution is 5.14. The molecule has 1 atom stereocenters. The van der Waals surface area contributed by atoms with E-state index in [0.717, 1.165) is 26.0 Å². The lowest BCUT2D eigenvalue weighted by Gasteiger charge is -2.14. The highest BCUT2D eigenvalue weighted by Gasteiger charge is 2.02. The van der Waals surface area contributed by atoms with Gasteiger partial charge in [0, 0.05) is 6.04 Å². The fourth-order valence-electron chi connectivity index (χ4n) is 1.89. The summed E-state index contributed by atoms with van der Waals surface area (Å²) in [6.07, 6.45) is 3.69. The molecule has 1 unspecified atom stereocenters. The first-order valence-electron chi connectivity index (χ1n) is 7.07. The van der Waals surface area contributed by atoms with Crippen LogP contribution in [0.15, 0.2) is 30.3 Å². The molecule has 0 saturated heterocycles. The minimum absolute atomic E-state index is 0.364. The molecule has 2 nitrogen and oxygen atoms in total. The molecular weight excluding hydrogens is 222 g/mol. The van der Waals surface area contributed by atoms with Crippen LogP contribution < -0.4 is 5.32 Å². The summed E-state index contributed by atoms with van der Waals surface area (Å²) in [6.45, 7) is 8.44. The first-order valence-corrected chi connectivity index (χ1v) is 7.07. The zero-order valence-electron chi connectivity index (χ0n) is 12.0. The first kappa shape index (κ1) is 15.2. The second-order valence-corrected chi connectivity index (χ2v) is 5.17. The van der Waals surface area contributed by atoms with E-state index < -0.39 is 0 Å². The molecular formula is C16H27NO. The van der Waals surface area contributed by atoms with Crippen molar-refractivity contribution in [3.63, 3.8) is 0 Å². The van der Waals surface area contributed by atoms with Crippen LogP contribution in [-0.2, 0) is 11.2 Å². The quantitative estimate of drug-likeness (QED) is 0.677. The third kappa shape index (κ3) is 7.46. The smallest absolute Gasteiger partial charge is 0.0547 e. The van der Waals surface area contributed by atoms with Gasteiger partial charge in [-0.3, -0.25) is 0 Å². The molecule has 1 aromatic rings. The molecule has 1 aromatic carbocycles. The van der Waals surface area contributed by atoms with Gasteiger partial charge in [-0.05, 0) is 38.3 Å². The van der Waals surface area contributed by atoms with Gasteiger partial charge in [-0.2, -0.15) is 0 Å². The maximum atomic E-state index is 5.83. The molecule has 0 aliphatic carbocycles. The Labute approximate surface area is 112 Å². The highest BCUT2D eigenvalue weighted by atomic mass is 16.5. The van der Waals surface area contributed by atoms with Gasteiger partial charge in [-0.25, -0.2) is 0 Å². The monoisotopic (exact) mass is 249 g/mol. The van der Waals surface area contributed by atoms with Crippen LogP contribution in [0, 0.1) is 0 Å². The van der Waals surface area contributed by atoms with Crippen molar-refractivity contribution < 1.29 is 4.74 Å². The van der Waals surface area contributed by atoms with Crippen molar-refractivity contribution in [3.8, 4) is 0 Å². The van der Waals surface area contributed by atoms with Crippen LogP contribution in [0.1, 0.15) is 39.2 Å². The Morgan fingerprint density at radius 1 is 1.11 bits per heavy atom. The van der Waals surface area contributed by atoms with Gasteiger partial charge in [0.05, 0.1) is 12.7 Å². The van der Waals surface area contributed by atoms with Gasteiger partial charge < -0.3 is 10.1 Å². The average Bonchev–Trinajstić information content (AvgIpc) is 2.36. The Morgan fingerprint density at radius 3 is 2.50 bits per heavy atom. The van der Waals surface area contributed by atoms with E-state index in [4.69, 9.17) is 4.74 Å². The van der Waals surface area contributed by atoms with E-state index in [1.807, 2.05) is 0 Å². The largest absolute Gasteiger partial charge is 0.378 e. The molecule has 1 N–H and O–H groups in total. The molecule has 0 aliphatic rings. The summed E-state index contributed by atoms with van der Waals surface area (Å²) in [4.78, 5) is 0. The second-order valence-electron chi connectivity index (χ2n) is 5.17. The van der Waals surface area contributed by atoms with Crippen molar-refractivity contribution >= 4 is 0 Å². The van der Waals surface area contributed by atoms with Crippen molar-refractivity contribution in [2.75, 3.05) is 13.2 Å². The first-order chi connectivity index (χ1) is 8.68. The van der Waals surface area contributed by atoms with Crippen molar-refractivity contribution in [3.05, 3.63) is 35.9 Å². The van der Waals surface area contributed by atoms with Crippen LogP contribution in [0.5, 0.6) is 0 Å². The predicted octanol–water partition coefficient (Wildman–Crippen LogP) is 3.41.